The topological polar surface area (TPSA) is 36.4 Å². The van der Waals surface area contributed by atoms with E-state index >= 15 is 0 Å². The third kappa shape index (κ3) is 2.60. The van der Waals surface area contributed by atoms with E-state index in [1.54, 1.807) is 11.3 Å². The first-order valence-electron chi connectivity index (χ1n) is 7.78. The van der Waals surface area contributed by atoms with Gasteiger partial charge in [0.25, 0.3) is 0 Å². The average Bonchev–Trinajstić information content (AvgIpc) is 2.91. The van der Waals surface area contributed by atoms with E-state index in [1.165, 1.54) is 6.42 Å². The summed E-state index contributed by atoms with van der Waals surface area (Å²) in [5, 5.41) is 11.5. The van der Waals surface area contributed by atoms with Crippen molar-refractivity contribution >= 4 is 16.5 Å². The Labute approximate surface area is 126 Å². The van der Waals surface area contributed by atoms with Gasteiger partial charge in [-0.1, -0.05) is 39.0 Å². The van der Waals surface area contributed by atoms with Crippen LogP contribution >= 0.6 is 11.3 Å². The first-order chi connectivity index (χ1) is 9.35. The van der Waals surface area contributed by atoms with Gasteiger partial charge in [0.15, 0.2) is 5.13 Å². The summed E-state index contributed by atoms with van der Waals surface area (Å²) in [4.78, 5) is 8.40. The van der Waals surface area contributed by atoms with Crippen molar-refractivity contribution in [2.45, 2.75) is 53.1 Å². The maximum atomic E-state index is 10.3. The van der Waals surface area contributed by atoms with Gasteiger partial charge in [-0.2, -0.15) is 0 Å². The van der Waals surface area contributed by atoms with Crippen LogP contribution in [-0.2, 0) is 6.42 Å². The first-order valence-corrected chi connectivity index (χ1v) is 8.60. The van der Waals surface area contributed by atoms with Gasteiger partial charge in [0.1, 0.15) is 0 Å². The van der Waals surface area contributed by atoms with Crippen molar-refractivity contribution in [3.63, 3.8) is 0 Å². The summed E-state index contributed by atoms with van der Waals surface area (Å²) < 4.78 is 0. The van der Waals surface area contributed by atoms with Crippen LogP contribution in [0.25, 0.3) is 0 Å². The van der Waals surface area contributed by atoms with E-state index in [1.807, 2.05) is 0 Å². The predicted molar refractivity (Wildman–Crippen MR) is 84.3 cm³/mol. The van der Waals surface area contributed by atoms with E-state index in [9.17, 15) is 5.11 Å². The Bertz CT molecular complexity index is 495. The van der Waals surface area contributed by atoms with Gasteiger partial charge in [-0.25, -0.2) is 4.98 Å². The van der Waals surface area contributed by atoms with E-state index in [0.29, 0.717) is 0 Å². The third-order valence-electron chi connectivity index (χ3n) is 4.85. The summed E-state index contributed by atoms with van der Waals surface area (Å²) in [6, 6.07) is 0. The van der Waals surface area contributed by atoms with Crippen molar-refractivity contribution in [1.29, 1.82) is 0 Å². The predicted octanol–water partition coefficient (Wildman–Crippen LogP) is 3.63. The third-order valence-corrected chi connectivity index (χ3v) is 6.11. The fraction of sp³-hybridized carbons (Fsp3) is 0.812. The highest BCUT2D eigenvalue weighted by Crippen LogP contribution is 2.45. The molecule has 0 bridgehead atoms. The lowest BCUT2D eigenvalue weighted by molar-refractivity contribution is 0.102. The lowest BCUT2D eigenvalue weighted by Crippen LogP contribution is -2.25. The number of aliphatic hydroxyl groups is 1. The second-order valence-electron chi connectivity index (χ2n) is 7.61. The van der Waals surface area contributed by atoms with Crippen LogP contribution in [0.1, 0.15) is 57.2 Å². The molecule has 1 aromatic rings. The molecule has 3 rings (SSSR count). The number of rotatable bonds is 2. The van der Waals surface area contributed by atoms with Crippen molar-refractivity contribution in [2.24, 2.45) is 17.3 Å². The summed E-state index contributed by atoms with van der Waals surface area (Å²) in [5.41, 5.74) is 1.31. The molecule has 1 N–H and O–H groups in total. The normalized spacial score (nSPS) is 29.0. The van der Waals surface area contributed by atoms with Crippen molar-refractivity contribution in [3.8, 4) is 0 Å². The van der Waals surface area contributed by atoms with Gasteiger partial charge < -0.3 is 10.0 Å². The highest BCUT2D eigenvalue weighted by molar-refractivity contribution is 7.15. The summed E-state index contributed by atoms with van der Waals surface area (Å²) in [7, 11) is 0. The standard InChI is InChI=1S/C16H26N2OS/c1-10(2)11-5-6-18(9-11)15-17-12-7-16(3,4)8-13(19)14(12)20-15/h10-11,13,19H,5-9H2,1-4H3. The summed E-state index contributed by atoms with van der Waals surface area (Å²) in [6.07, 6.45) is 2.81. The number of aromatic nitrogens is 1. The Morgan fingerprint density at radius 2 is 2.15 bits per heavy atom. The van der Waals surface area contributed by atoms with Crippen molar-refractivity contribution in [3.05, 3.63) is 10.6 Å². The Hall–Kier alpha value is -0.610. The molecular weight excluding hydrogens is 268 g/mol. The Kier molecular flexibility index (Phi) is 3.57. The van der Waals surface area contributed by atoms with Crippen LogP contribution in [0.2, 0.25) is 0 Å². The second kappa shape index (κ2) is 4.99. The number of hydrogen-bond donors (Lipinski definition) is 1. The molecule has 2 atom stereocenters. The molecule has 0 radical (unpaired) electrons. The minimum Gasteiger partial charge on any atom is -0.387 e. The smallest absolute Gasteiger partial charge is 0.185 e. The lowest BCUT2D eigenvalue weighted by atomic mass is 9.77. The van der Waals surface area contributed by atoms with Crippen LogP contribution in [0.5, 0.6) is 0 Å². The fourth-order valence-corrected chi connectivity index (χ4v) is 4.62. The van der Waals surface area contributed by atoms with Crippen molar-refractivity contribution < 1.29 is 5.11 Å². The highest BCUT2D eigenvalue weighted by Gasteiger charge is 2.35. The number of hydrogen-bond acceptors (Lipinski definition) is 4. The summed E-state index contributed by atoms with van der Waals surface area (Å²) in [5.74, 6) is 1.54. The molecule has 3 nitrogen and oxygen atoms in total. The van der Waals surface area contributed by atoms with Crippen molar-refractivity contribution in [2.75, 3.05) is 18.0 Å². The van der Waals surface area contributed by atoms with Gasteiger partial charge in [-0.05, 0) is 36.5 Å². The molecule has 0 spiro atoms. The molecular formula is C16H26N2OS. The molecule has 2 aliphatic rings. The molecule has 0 amide bonds. The Balaban J connectivity index is 1.81. The van der Waals surface area contributed by atoms with Crippen LogP contribution in [0.15, 0.2) is 0 Å². The lowest BCUT2D eigenvalue weighted by Gasteiger charge is -2.31. The molecule has 4 heteroatoms. The number of aliphatic hydroxyl groups excluding tert-OH is 1. The molecule has 0 aromatic carbocycles. The van der Waals surface area contributed by atoms with Crippen LogP contribution in [0.3, 0.4) is 0 Å². The molecule has 2 heterocycles. The molecule has 1 saturated heterocycles. The van der Waals surface area contributed by atoms with E-state index in [2.05, 4.69) is 32.6 Å². The Morgan fingerprint density at radius 1 is 1.40 bits per heavy atom. The minimum atomic E-state index is -0.316. The minimum absolute atomic E-state index is 0.170. The zero-order chi connectivity index (χ0) is 14.5. The van der Waals surface area contributed by atoms with Gasteiger partial charge in [0.2, 0.25) is 0 Å². The van der Waals surface area contributed by atoms with E-state index in [4.69, 9.17) is 4.98 Å². The van der Waals surface area contributed by atoms with Crippen molar-refractivity contribution in [1.82, 2.24) is 4.98 Å². The molecule has 20 heavy (non-hydrogen) atoms. The van der Waals surface area contributed by atoms with E-state index in [-0.39, 0.29) is 11.5 Å². The van der Waals surface area contributed by atoms with E-state index < -0.39 is 0 Å². The second-order valence-corrected chi connectivity index (χ2v) is 8.62. The molecule has 1 fully saturated rings. The van der Waals surface area contributed by atoms with Crippen LogP contribution < -0.4 is 4.90 Å². The van der Waals surface area contributed by atoms with Crippen LogP contribution in [0.4, 0.5) is 5.13 Å². The van der Waals surface area contributed by atoms with E-state index in [0.717, 1.165) is 53.5 Å². The molecule has 1 aromatic heterocycles. The molecule has 1 aliphatic carbocycles. The van der Waals surface area contributed by atoms with Crippen LogP contribution in [0, 0.1) is 17.3 Å². The number of fused-ring (bicyclic) bond motifs is 1. The average molecular weight is 294 g/mol. The molecule has 112 valence electrons. The summed E-state index contributed by atoms with van der Waals surface area (Å²) in [6.45, 7) is 11.3. The first kappa shape index (κ1) is 14.3. The largest absolute Gasteiger partial charge is 0.387 e. The molecule has 1 aliphatic heterocycles. The number of anilines is 1. The van der Waals surface area contributed by atoms with Crippen LogP contribution in [-0.4, -0.2) is 23.2 Å². The van der Waals surface area contributed by atoms with Gasteiger partial charge in [-0.3, -0.25) is 0 Å². The van der Waals surface area contributed by atoms with Gasteiger partial charge >= 0.3 is 0 Å². The zero-order valence-electron chi connectivity index (χ0n) is 13.0. The summed E-state index contributed by atoms with van der Waals surface area (Å²) >= 11 is 1.72. The van der Waals surface area contributed by atoms with Gasteiger partial charge in [0, 0.05) is 13.1 Å². The zero-order valence-corrected chi connectivity index (χ0v) is 13.8. The number of nitrogens with zero attached hydrogens (tertiary/aromatic N) is 2. The monoisotopic (exact) mass is 294 g/mol. The molecule has 2 unspecified atom stereocenters. The maximum absolute atomic E-state index is 10.3. The quantitative estimate of drug-likeness (QED) is 0.905. The van der Waals surface area contributed by atoms with Gasteiger partial charge in [-0.15, -0.1) is 0 Å². The SMILES string of the molecule is CC(C)C1CCN(c2nc3c(s2)C(O)CC(C)(C)C3)C1. The fourth-order valence-electron chi connectivity index (χ4n) is 3.52. The Morgan fingerprint density at radius 3 is 2.80 bits per heavy atom. The van der Waals surface area contributed by atoms with Gasteiger partial charge in [0.05, 0.1) is 16.7 Å². The molecule has 0 saturated carbocycles. The maximum Gasteiger partial charge on any atom is 0.185 e. The highest BCUT2D eigenvalue weighted by atomic mass is 32.1. The number of thiazole rings is 1.